The summed E-state index contributed by atoms with van der Waals surface area (Å²) in [5.74, 6) is -1.32. The highest BCUT2D eigenvalue weighted by Gasteiger charge is 2.33. The van der Waals surface area contributed by atoms with Gasteiger partial charge in [-0.05, 0) is 37.1 Å². The van der Waals surface area contributed by atoms with Crippen LogP contribution < -0.4 is 5.32 Å². The Labute approximate surface area is 135 Å². The van der Waals surface area contributed by atoms with E-state index in [-0.39, 0.29) is 0 Å². The summed E-state index contributed by atoms with van der Waals surface area (Å²) in [5.41, 5.74) is 0.104. The van der Waals surface area contributed by atoms with Crippen molar-refractivity contribution in [3.8, 4) is 0 Å². The highest BCUT2D eigenvalue weighted by atomic mass is 16.5. The van der Waals surface area contributed by atoms with Gasteiger partial charge in [0.1, 0.15) is 5.54 Å². The first-order valence-corrected chi connectivity index (χ1v) is 7.13. The Morgan fingerprint density at radius 3 is 2.22 bits per heavy atom. The number of rotatable bonds is 6. The largest absolute Gasteiger partial charge is 0.467 e. The number of carbonyl (C=O) groups is 3. The lowest BCUT2D eigenvalue weighted by Gasteiger charge is -2.25. The molecule has 0 unspecified atom stereocenters. The average Bonchev–Trinajstić information content (AvgIpc) is 2.58. The fourth-order valence-electron chi connectivity index (χ4n) is 1.84. The molecule has 0 aliphatic heterocycles. The van der Waals surface area contributed by atoms with Gasteiger partial charge in [0.15, 0.2) is 0 Å². The van der Waals surface area contributed by atoms with E-state index in [1.807, 2.05) is 0 Å². The molecular formula is C17H21NO5. The first-order chi connectivity index (χ1) is 10.9. The van der Waals surface area contributed by atoms with E-state index in [4.69, 9.17) is 4.74 Å². The summed E-state index contributed by atoms with van der Waals surface area (Å²) in [6.07, 6.45) is 3.32. The molecule has 0 bridgehead atoms. The van der Waals surface area contributed by atoms with Crippen molar-refractivity contribution in [2.75, 3.05) is 14.2 Å². The molecule has 1 atom stereocenters. The molecule has 1 aromatic rings. The number of esters is 2. The summed E-state index contributed by atoms with van der Waals surface area (Å²) in [6.45, 7) is 3.39. The molecule has 1 aromatic carbocycles. The van der Waals surface area contributed by atoms with Crippen molar-refractivity contribution in [3.05, 3.63) is 41.5 Å². The van der Waals surface area contributed by atoms with Crippen LogP contribution in [0.3, 0.4) is 0 Å². The third kappa shape index (κ3) is 4.95. The Morgan fingerprint density at radius 2 is 1.74 bits per heavy atom. The standard InChI is InChI=1S/C17H21NO5/c1-5-17(2,16(21)23-4)18-14(19)11-8-12-6-9-13(10-7-12)15(20)22-3/h6-11H,5H2,1-4H3,(H,18,19)/b11-8+/t17-/m0/s1. The van der Waals surface area contributed by atoms with E-state index >= 15 is 0 Å². The van der Waals surface area contributed by atoms with Crippen LogP contribution in [0.1, 0.15) is 36.2 Å². The highest BCUT2D eigenvalue weighted by Crippen LogP contribution is 2.12. The number of amides is 1. The molecule has 0 aliphatic carbocycles. The fourth-order valence-corrected chi connectivity index (χ4v) is 1.84. The second-order valence-corrected chi connectivity index (χ2v) is 5.11. The molecule has 0 saturated heterocycles. The lowest BCUT2D eigenvalue weighted by atomic mass is 9.99. The van der Waals surface area contributed by atoms with E-state index in [0.29, 0.717) is 12.0 Å². The molecule has 0 aromatic heterocycles. The molecule has 0 saturated carbocycles. The molecule has 1 amide bonds. The van der Waals surface area contributed by atoms with Crippen LogP contribution in [0.25, 0.3) is 6.08 Å². The highest BCUT2D eigenvalue weighted by molar-refractivity contribution is 5.96. The molecule has 6 heteroatoms. The summed E-state index contributed by atoms with van der Waals surface area (Å²) in [5, 5.41) is 2.63. The van der Waals surface area contributed by atoms with Crippen LogP contribution in [-0.2, 0) is 19.1 Å². The fraction of sp³-hybridized carbons (Fsp3) is 0.353. The van der Waals surface area contributed by atoms with Crippen molar-refractivity contribution in [1.82, 2.24) is 5.32 Å². The van der Waals surface area contributed by atoms with Gasteiger partial charge in [-0.1, -0.05) is 19.1 Å². The van der Waals surface area contributed by atoms with E-state index in [0.717, 1.165) is 5.56 Å². The minimum Gasteiger partial charge on any atom is -0.467 e. The molecule has 1 N–H and O–H groups in total. The van der Waals surface area contributed by atoms with E-state index in [2.05, 4.69) is 10.1 Å². The van der Waals surface area contributed by atoms with Crippen LogP contribution in [0.15, 0.2) is 30.3 Å². The molecule has 1 rings (SSSR count). The van der Waals surface area contributed by atoms with Crippen molar-refractivity contribution < 1.29 is 23.9 Å². The van der Waals surface area contributed by atoms with Crippen LogP contribution in [0.5, 0.6) is 0 Å². The number of ether oxygens (including phenoxy) is 2. The van der Waals surface area contributed by atoms with Gasteiger partial charge in [-0.25, -0.2) is 9.59 Å². The zero-order valence-corrected chi connectivity index (χ0v) is 13.7. The second kappa shape index (κ2) is 8.12. The van der Waals surface area contributed by atoms with Gasteiger partial charge in [0.2, 0.25) is 5.91 Å². The van der Waals surface area contributed by atoms with Crippen molar-refractivity contribution in [2.24, 2.45) is 0 Å². The maximum Gasteiger partial charge on any atom is 0.337 e. The summed E-state index contributed by atoms with van der Waals surface area (Å²) < 4.78 is 9.30. The molecule has 0 heterocycles. The Morgan fingerprint density at radius 1 is 1.13 bits per heavy atom. The number of hydrogen-bond donors (Lipinski definition) is 1. The molecule has 0 fully saturated rings. The molecule has 0 radical (unpaired) electrons. The van der Waals surface area contributed by atoms with Crippen molar-refractivity contribution in [2.45, 2.75) is 25.8 Å². The van der Waals surface area contributed by atoms with Gasteiger partial charge in [0.05, 0.1) is 19.8 Å². The Hall–Kier alpha value is -2.63. The third-order valence-corrected chi connectivity index (χ3v) is 3.50. The van der Waals surface area contributed by atoms with E-state index < -0.39 is 23.4 Å². The summed E-state index contributed by atoms with van der Waals surface area (Å²) in [6, 6.07) is 6.59. The summed E-state index contributed by atoms with van der Waals surface area (Å²) in [4.78, 5) is 35.0. The van der Waals surface area contributed by atoms with Crippen molar-refractivity contribution >= 4 is 23.9 Å². The minimum atomic E-state index is -1.06. The van der Waals surface area contributed by atoms with Gasteiger partial charge in [-0.2, -0.15) is 0 Å². The molecule has 124 valence electrons. The van der Waals surface area contributed by atoms with Crippen LogP contribution >= 0.6 is 0 Å². The van der Waals surface area contributed by atoms with Gasteiger partial charge in [-0.15, -0.1) is 0 Å². The van der Waals surface area contributed by atoms with Crippen LogP contribution in [-0.4, -0.2) is 37.6 Å². The van der Waals surface area contributed by atoms with Gasteiger partial charge in [0, 0.05) is 6.08 Å². The third-order valence-electron chi connectivity index (χ3n) is 3.50. The van der Waals surface area contributed by atoms with Gasteiger partial charge in [0.25, 0.3) is 0 Å². The van der Waals surface area contributed by atoms with Crippen molar-refractivity contribution in [1.29, 1.82) is 0 Å². The van der Waals surface area contributed by atoms with Crippen molar-refractivity contribution in [3.63, 3.8) is 0 Å². The van der Waals surface area contributed by atoms with Gasteiger partial charge in [-0.3, -0.25) is 4.79 Å². The minimum absolute atomic E-state index is 0.406. The number of methoxy groups -OCH3 is 2. The normalized spacial score (nSPS) is 13.2. The maximum absolute atomic E-state index is 12.0. The number of benzene rings is 1. The maximum atomic E-state index is 12.0. The van der Waals surface area contributed by atoms with E-state index in [1.165, 1.54) is 20.3 Å². The van der Waals surface area contributed by atoms with Gasteiger partial charge < -0.3 is 14.8 Å². The molecule has 0 spiro atoms. The SMILES string of the molecule is CC[C@](C)(NC(=O)/C=C/c1ccc(C(=O)OC)cc1)C(=O)OC. The van der Waals surface area contributed by atoms with Crippen LogP contribution in [0.2, 0.25) is 0 Å². The number of hydrogen-bond acceptors (Lipinski definition) is 5. The number of nitrogens with one attached hydrogen (secondary N) is 1. The first-order valence-electron chi connectivity index (χ1n) is 7.13. The predicted molar refractivity (Wildman–Crippen MR) is 85.7 cm³/mol. The lowest BCUT2D eigenvalue weighted by Crippen LogP contribution is -2.51. The smallest absolute Gasteiger partial charge is 0.337 e. The monoisotopic (exact) mass is 319 g/mol. The molecule has 0 aliphatic rings. The molecule has 23 heavy (non-hydrogen) atoms. The van der Waals surface area contributed by atoms with E-state index in [9.17, 15) is 14.4 Å². The Kier molecular flexibility index (Phi) is 6.50. The summed E-state index contributed by atoms with van der Waals surface area (Å²) >= 11 is 0. The Bertz CT molecular complexity index is 606. The predicted octanol–water partition coefficient (Wildman–Crippen LogP) is 1.94. The van der Waals surface area contributed by atoms with Crippen LogP contribution in [0, 0.1) is 0 Å². The van der Waals surface area contributed by atoms with Crippen LogP contribution in [0.4, 0.5) is 0 Å². The van der Waals surface area contributed by atoms with Gasteiger partial charge >= 0.3 is 11.9 Å². The molecular weight excluding hydrogens is 298 g/mol. The lowest BCUT2D eigenvalue weighted by molar-refractivity contribution is -0.149. The summed E-state index contributed by atoms with van der Waals surface area (Å²) in [7, 11) is 2.59. The first kappa shape index (κ1) is 18.4. The quantitative estimate of drug-likeness (QED) is 0.640. The number of carbonyl (C=O) groups excluding carboxylic acids is 3. The average molecular weight is 319 g/mol. The van der Waals surface area contributed by atoms with E-state index in [1.54, 1.807) is 44.2 Å². The molecule has 6 nitrogen and oxygen atoms in total. The Balaban J connectivity index is 2.75. The second-order valence-electron chi connectivity index (χ2n) is 5.11. The zero-order valence-electron chi connectivity index (χ0n) is 13.7. The zero-order chi connectivity index (χ0) is 17.5. The topological polar surface area (TPSA) is 81.7 Å².